The second kappa shape index (κ2) is 28.1. The summed E-state index contributed by atoms with van der Waals surface area (Å²) in [5.74, 6) is 1.84. The van der Waals surface area contributed by atoms with E-state index in [0.717, 1.165) is 126 Å². The molecule has 3 spiro atoms. The number of rotatable bonds is 15. The van der Waals surface area contributed by atoms with E-state index in [1.54, 1.807) is 55.4 Å². The molecule has 522 valence electrons. The highest BCUT2D eigenvalue weighted by Gasteiger charge is 2.57. The number of hydrogen-bond donors (Lipinski definition) is 3. The number of pyridine rings is 3. The third kappa shape index (κ3) is 15.4. The lowest BCUT2D eigenvalue weighted by molar-refractivity contribution is -0.140. The number of fused-ring (bicyclic) bond motifs is 3. The van der Waals surface area contributed by atoms with Crippen LogP contribution >= 0.6 is 0 Å². The Morgan fingerprint density at radius 1 is 0.505 bits per heavy atom. The average Bonchev–Trinajstić information content (AvgIpc) is 1.50. The summed E-state index contributed by atoms with van der Waals surface area (Å²) in [4.78, 5) is 96.6. The molecule has 6 aromatic heterocycles. The van der Waals surface area contributed by atoms with Crippen LogP contribution < -0.4 is 16.0 Å². The highest BCUT2D eigenvalue weighted by molar-refractivity contribution is 7.88. The molecule has 3 N–H and O–H groups in total. The van der Waals surface area contributed by atoms with Crippen LogP contribution in [0.5, 0.6) is 0 Å². The molecule has 9 aliphatic rings. The number of hydrogen-bond acceptors (Lipinski definition) is 18. The first kappa shape index (κ1) is 68.2. The van der Waals surface area contributed by atoms with E-state index in [-0.39, 0.29) is 69.6 Å². The van der Waals surface area contributed by atoms with Gasteiger partial charge in [-0.1, -0.05) is 0 Å². The van der Waals surface area contributed by atoms with Crippen molar-refractivity contribution in [3.05, 3.63) is 90.9 Å². The predicted molar refractivity (Wildman–Crippen MR) is 358 cm³/mol. The Balaban J connectivity index is 0.000000131. The van der Waals surface area contributed by atoms with E-state index in [0.29, 0.717) is 137 Å². The number of nitrogens with zero attached hydrogens (tertiary/aromatic N) is 9. The minimum atomic E-state index is -3.26. The standard InChI is InChI=1S/2C23H30N4O5S.C23H30N4O4/c1-33(30,31)27-8-3-16(4-9-27)22(29)26-10-5-23(6-11-26)13-18(23)14-25-21(28)19-12-17-2-7-24-15-20(17)32-19;1-33(30,31)27-8-2-3-17(15-27)22(29)26-9-5-23(6-10-26)12-18(23)13-25-21(28)19-11-16-4-7-24-14-20(16)32-19;1-16(26-8-10-30-11-9-26)22(29)27-6-3-23(4-7-27)13-18(23)14-25-21(28)19-12-17-2-5-24-15-20(17)31-19/h2,7,12,15-16,18H,3-6,8-11,13-14H2,1H3,(H,25,28);4,7,11,14,17-18H,2-3,5-6,8-10,12-13,15H2,1H3,(H,25,28);2,5,12,15-16,18H,3-4,6-11,13-14H2,1H3,(H,25,28). The van der Waals surface area contributed by atoms with Crippen molar-refractivity contribution < 1.29 is 63.6 Å². The van der Waals surface area contributed by atoms with Gasteiger partial charge in [0.05, 0.1) is 56.3 Å². The van der Waals surface area contributed by atoms with Crippen molar-refractivity contribution in [3.63, 3.8) is 0 Å². The number of carbonyl (C=O) groups excluding carboxylic acids is 6. The number of piperidine rings is 5. The van der Waals surface area contributed by atoms with Gasteiger partial charge in [-0.2, -0.15) is 0 Å². The van der Waals surface area contributed by atoms with Gasteiger partial charge in [-0.05, 0) is 161 Å². The maximum Gasteiger partial charge on any atom is 0.287 e. The number of nitrogens with one attached hydrogen (secondary N) is 3. The second-order valence-corrected chi connectivity index (χ2v) is 32.7. The van der Waals surface area contributed by atoms with Crippen LogP contribution in [0.4, 0.5) is 0 Å². The van der Waals surface area contributed by atoms with Crippen molar-refractivity contribution in [2.75, 3.05) is 124 Å². The highest BCUT2D eigenvalue weighted by atomic mass is 32.2. The summed E-state index contributed by atoms with van der Waals surface area (Å²) in [7, 11) is -6.44. The molecule has 28 heteroatoms. The summed E-state index contributed by atoms with van der Waals surface area (Å²) in [6.07, 6.45) is 24.0. The minimum absolute atomic E-state index is 0.0775. The molecule has 3 saturated carbocycles. The summed E-state index contributed by atoms with van der Waals surface area (Å²) in [6.45, 7) is 13.1. The van der Waals surface area contributed by atoms with Crippen molar-refractivity contribution in [2.45, 2.75) is 96.4 Å². The largest absolute Gasteiger partial charge is 0.449 e. The van der Waals surface area contributed by atoms with Gasteiger partial charge >= 0.3 is 0 Å². The Labute approximate surface area is 565 Å². The third-order valence-electron chi connectivity index (χ3n) is 22.9. The molecule has 97 heavy (non-hydrogen) atoms. The zero-order valence-corrected chi connectivity index (χ0v) is 57.3. The maximum absolute atomic E-state index is 13.0. The first-order valence-electron chi connectivity index (χ1n) is 34.5. The molecule has 6 saturated heterocycles. The Morgan fingerprint density at radius 2 is 0.887 bits per heavy atom. The lowest BCUT2D eigenvalue weighted by atomic mass is 9.89. The van der Waals surface area contributed by atoms with E-state index in [9.17, 15) is 45.6 Å². The van der Waals surface area contributed by atoms with Gasteiger partial charge in [-0.15, -0.1) is 0 Å². The molecule has 9 fully saturated rings. The molecule has 15 rings (SSSR count). The molecule has 6 aromatic rings. The Bertz CT molecular complexity index is 4020. The Morgan fingerprint density at radius 3 is 1.27 bits per heavy atom. The molecule has 26 nitrogen and oxygen atoms in total. The molecule has 0 radical (unpaired) electrons. The highest BCUT2D eigenvalue weighted by Crippen LogP contribution is 2.61. The monoisotopic (exact) mass is 1370 g/mol. The number of morpholine rings is 1. The first-order valence-corrected chi connectivity index (χ1v) is 38.2. The third-order valence-corrected chi connectivity index (χ3v) is 25.5. The Kier molecular flexibility index (Phi) is 19.7. The van der Waals surface area contributed by atoms with Crippen LogP contribution in [-0.2, 0) is 39.2 Å². The number of sulfonamides is 2. The molecule has 6 amide bonds. The van der Waals surface area contributed by atoms with Crippen molar-refractivity contribution in [1.29, 1.82) is 0 Å². The molecule has 5 atom stereocenters. The van der Waals surface area contributed by atoms with Gasteiger partial charge in [0.15, 0.2) is 34.0 Å². The van der Waals surface area contributed by atoms with E-state index >= 15 is 0 Å². The van der Waals surface area contributed by atoms with Crippen LogP contribution in [0.2, 0.25) is 0 Å². The summed E-state index contributed by atoms with van der Waals surface area (Å²) < 4.78 is 72.2. The van der Waals surface area contributed by atoms with Crippen molar-refractivity contribution in [1.82, 2.24) is 59.1 Å². The number of carbonyl (C=O) groups is 6. The number of likely N-dealkylation sites (tertiary alicyclic amines) is 3. The number of ether oxygens (including phenoxy) is 1. The lowest BCUT2D eigenvalue weighted by Gasteiger charge is -2.38. The predicted octanol–water partition coefficient (Wildman–Crippen LogP) is 5.62. The van der Waals surface area contributed by atoms with Crippen molar-refractivity contribution >= 4 is 88.4 Å². The number of furan rings is 3. The van der Waals surface area contributed by atoms with E-state index < -0.39 is 20.0 Å². The van der Waals surface area contributed by atoms with Gasteiger partial charge in [0.25, 0.3) is 17.7 Å². The van der Waals surface area contributed by atoms with Crippen LogP contribution in [0.3, 0.4) is 0 Å². The van der Waals surface area contributed by atoms with Gasteiger partial charge in [0, 0.05) is 139 Å². The molecular weight excluding hydrogens is 1280 g/mol. The fourth-order valence-corrected chi connectivity index (χ4v) is 18.0. The quantitative estimate of drug-likeness (QED) is 0.112. The topological polar surface area (TPSA) is 314 Å². The van der Waals surface area contributed by atoms with Crippen LogP contribution in [0.25, 0.3) is 32.9 Å². The van der Waals surface area contributed by atoms with E-state index in [2.05, 4.69) is 35.8 Å². The van der Waals surface area contributed by atoms with E-state index in [1.165, 1.54) is 21.1 Å². The van der Waals surface area contributed by atoms with Crippen LogP contribution in [0.15, 0.2) is 86.8 Å². The number of amides is 6. The zero-order valence-electron chi connectivity index (χ0n) is 55.7. The molecule has 12 heterocycles. The molecule has 5 unspecified atom stereocenters. The van der Waals surface area contributed by atoms with E-state index in [4.69, 9.17) is 18.0 Å². The fraction of sp³-hybridized carbons (Fsp3) is 0.609. The summed E-state index contributed by atoms with van der Waals surface area (Å²) >= 11 is 0. The Hall–Kier alpha value is -7.37. The smallest absolute Gasteiger partial charge is 0.287 e. The van der Waals surface area contributed by atoms with E-state index in [1.807, 2.05) is 39.8 Å². The fourth-order valence-electron chi connectivity index (χ4n) is 16.2. The molecule has 3 aliphatic carbocycles. The van der Waals surface area contributed by atoms with Gasteiger partial charge in [-0.25, -0.2) is 25.4 Å². The zero-order chi connectivity index (χ0) is 67.9. The average molecular weight is 1380 g/mol. The lowest BCUT2D eigenvalue weighted by Crippen LogP contribution is -2.52. The van der Waals surface area contributed by atoms with Gasteiger partial charge in [-0.3, -0.25) is 48.6 Å². The summed E-state index contributed by atoms with van der Waals surface area (Å²) in [5.41, 5.74) is 2.53. The molecular formula is C69H90N12O14S2. The SMILES string of the molecule is CC(C(=O)N1CCC2(CC1)CC2CNC(=O)c1cc2ccncc2o1)N1CCOCC1.CS(=O)(=O)N1CCC(C(=O)N2CCC3(CC2)CC3CNC(=O)c2cc3ccncc3o2)CC1.CS(=O)(=O)N1CCCC(C(=O)N2CCC3(CC2)CC3CNC(=O)c2cc3ccncc3o2)C1. The normalized spacial score (nSPS) is 24.4. The minimum Gasteiger partial charge on any atom is -0.449 e. The van der Waals surface area contributed by atoms with Gasteiger partial charge in [0.1, 0.15) is 0 Å². The van der Waals surface area contributed by atoms with Crippen LogP contribution in [0.1, 0.15) is 122 Å². The van der Waals surface area contributed by atoms with Crippen LogP contribution in [0, 0.1) is 45.8 Å². The first-order chi connectivity index (χ1) is 46.6. The second-order valence-electron chi connectivity index (χ2n) is 28.7. The van der Waals surface area contributed by atoms with Crippen LogP contribution in [-0.4, -0.2) is 225 Å². The van der Waals surface area contributed by atoms with Crippen molar-refractivity contribution in [3.8, 4) is 0 Å². The molecule has 0 bridgehead atoms. The molecule has 6 aliphatic heterocycles. The number of aromatic nitrogens is 3. The van der Waals surface area contributed by atoms with Gasteiger partial charge < -0.3 is 48.6 Å². The summed E-state index contributed by atoms with van der Waals surface area (Å²) in [6, 6.07) is 10.6. The molecule has 0 aromatic carbocycles. The van der Waals surface area contributed by atoms with Crippen molar-refractivity contribution in [2.24, 2.45) is 45.8 Å². The van der Waals surface area contributed by atoms with Gasteiger partial charge in [0.2, 0.25) is 37.8 Å². The maximum atomic E-state index is 13.0. The summed E-state index contributed by atoms with van der Waals surface area (Å²) in [5, 5.41) is 11.6.